The molecule has 2 rings (SSSR count). The quantitative estimate of drug-likeness (QED) is 0.797. The van der Waals surface area contributed by atoms with E-state index in [1.165, 1.54) is 11.9 Å². The molecular weight excluding hydrogens is 310 g/mol. The second kappa shape index (κ2) is 5.13. The van der Waals surface area contributed by atoms with Crippen LogP contribution in [0.2, 0.25) is 0 Å². The summed E-state index contributed by atoms with van der Waals surface area (Å²) in [5.74, 6) is -0.477. The Balaban J connectivity index is 2.54. The molecule has 100 valence electrons. The summed E-state index contributed by atoms with van der Waals surface area (Å²) in [5, 5.41) is 8.47. The smallest absolute Gasteiger partial charge is 0.360 e. The van der Waals surface area contributed by atoms with Crippen LogP contribution in [-0.4, -0.2) is 28.1 Å². The number of aryl methyl sites for hydroxylation is 3. The predicted molar refractivity (Wildman–Crippen MR) is 74.6 cm³/mol. The molecule has 0 aliphatic heterocycles. The molecule has 1 aromatic heterocycles. The van der Waals surface area contributed by atoms with E-state index in [0.717, 1.165) is 21.3 Å². The minimum atomic E-state index is -0.477. The van der Waals surface area contributed by atoms with Gasteiger partial charge in [-0.2, -0.15) is 9.90 Å². The van der Waals surface area contributed by atoms with Gasteiger partial charge in [0.05, 0.1) is 18.5 Å². The molecule has 2 aromatic rings. The van der Waals surface area contributed by atoms with Crippen LogP contribution in [0, 0.1) is 20.8 Å². The Labute approximate surface area is 119 Å². The summed E-state index contributed by atoms with van der Waals surface area (Å²) in [6.45, 7) is 5.69. The molecule has 0 saturated carbocycles. The van der Waals surface area contributed by atoms with Crippen molar-refractivity contribution in [3.63, 3.8) is 0 Å². The van der Waals surface area contributed by atoms with Crippen molar-refractivity contribution in [2.45, 2.75) is 20.8 Å². The highest BCUT2D eigenvalue weighted by atomic mass is 79.9. The lowest BCUT2D eigenvalue weighted by molar-refractivity contribution is 0.0592. The number of methoxy groups -OCH3 is 1. The molecule has 0 spiro atoms. The molecule has 0 aliphatic rings. The van der Waals surface area contributed by atoms with Crippen molar-refractivity contribution in [1.82, 2.24) is 15.0 Å². The lowest BCUT2D eigenvalue weighted by atomic mass is 10.1. The first-order valence-electron chi connectivity index (χ1n) is 5.73. The fraction of sp³-hybridized carbons (Fsp3) is 0.308. The third-order valence-corrected chi connectivity index (χ3v) is 3.71. The van der Waals surface area contributed by atoms with Crippen molar-refractivity contribution in [2.24, 2.45) is 0 Å². The van der Waals surface area contributed by atoms with E-state index >= 15 is 0 Å². The summed E-state index contributed by atoms with van der Waals surface area (Å²) >= 11 is 3.48. The van der Waals surface area contributed by atoms with Crippen LogP contribution < -0.4 is 0 Å². The number of ether oxygens (including phenoxy) is 1. The van der Waals surface area contributed by atoms with E-state index in [4.69, 9.17) is 0 Å². The molecule has 1 aromatic carbocycles. The number of benzene rings is 1. The van der Waals surface area contributed by atoms with Gasteiger partial charge in [0.15, 0.2) is 5.69 Å². The Morgan fingerprint density at radius 2 is 1.89 bits per heavy atom. The molecule has 0 N–H and O–H groups in total. The Morgan fingerprint density at radius 1 is 1.21 bits per heavy atom. The predicted octanol–water partition coefficient (Wildman–Crippen LogP) is 2.74. The maximum atomic E-state index is 11.5. The number of carbonyl (C=O) groups is 1. The molecule has 6 heteroatoms. The Bertz CT molecular complexity index is 650. The van der Waals surface area contributed by atoms with Gasteiger partial charge in [-0.05, 0) is 44.0 Å². The summed E-state index contributed by atoms with van der Waals surface area (Å²) in [5.41, 5.74) is 3.73. The lowest BCUT2D eigenvalue weighted by Crippen LogP contribution is -2.06. The molecule has 0 radical (unpaired) electrons. The monoisotopic (exact) mass is 323 g/mol. The maximum absolute atomic E-state index is 11.5. The minimum Gasteiger partial charge on any atom is -0.464 e. The third-order valence-electron chi connectivity index (χ3n) is 2.85. The first-order valence-corrected chi connectivity index (χ1v) is 6.52. The van der Waals surface area contributed by atoms with Gasteiger partial charge in [-0.3, -0.25) is 0 Å². The molecule has 0 saturated heterocycles. The third kappa shape index (κ3) is 2.53. The van der Waals surface area contributed by atoms with Gasteiger partial charge < -0.3 is 4.74 Å². The fourth-order valence-electron chi connectivity index (χ4n) is 1.75. The minimum absolute atomic E-state index is 0.238. The highest BCUT2D eigenvalue weighted by Crippen LogP contribution is 2.23. The van der Waals surface area contributed by atoms with E-state index in [9.17, 15) is 4.79 Å². The van der Waals surface area contributed by atoms with Crippen molar-refractivity contribution in [1.29, 1.82) is 0 Å². The number of aromatic nitrogens is 3. The zero-order valence-corrected chi connectivity index (χ0v) is 12.8. The maximum Gasteiger partial charge on any atom is 0.360 e. The van der Waals surface area contributed by atoms with Crippen LogP contribution in [0.4, 0.5) is 0 Å². The van der Waals surface area contributed by atoms with Gasteiger partial charge in [0, 0.05) is 4.47 Å². The Kier molecular flexibility index (Phi) is 3.71. The van der Waals surface area contributed by atoms with Crippen molar-refractivity contribution in [2.75, 3.05) is 7.11 Å². The molecule has 1 heterocycles. The molecule has 0 bridgehead atoms. The topological polar surface area (TPSA) is 57.0 Å². The molecule has 0 atom stereocenters. The number of hydrogen-bond donors (Lipinski definition) is 0. The van der Waals surface area contributed by atoms with Gasteiger partial charge in [0.2, 0.25) is 0 Å². The van der Waals surface area contributed by atoms with Gasteiger partial charge in [-0.1, -0.05) is 15.9 Å². The lowest BCUT2D eigenvalue weighted by Gasteiger charge is -2.07. The first-order chi connectivity index (χ1) is 8.93. The van der Waals surface area contributed by atoms with E-state index < -0.39 is 5.97 Å². The zero-order chi connectivity index (χ0) is 14.2. The van der Waals surface area contributed by atoms with E-state index in [0.29, 0.717) is 5.69 Å². The summed E-state index contributed by atoms with van der Waals surface area (Å²) < 4.78 is 5.71. The van der Waals surface area contributed by atoms with Crippen LogP contribution in [0.25, 0.3) is 5.69 Å². The van der Waals surface area contributed by atoms with Crippen LogP contribution in [0.5, 0.6) is 0 Å². The van der Waals surface area contributed by atoms with E-state index in [-0.39, 0.29) is 5.69 Å². The Morgan fingerprint density at radius 3 is 2.53 bits per heavy atom. The number of halogens is 1. The van der Waals surface area contributed by atoms with Crippen molar-refractivity contribution in [3.05, 3.63) is 39.1 Å². The fourth-order valence-corrected chi connectivity index (χ4v) is 2.21. The Hall–Kier alpha value is -1.69. The largest absolute Gasteiger partial charge is 0.464 e. The molecule has 5 nitrogen and oxygen atoms in total. The molecule has 0 fully saturated rings. The van der Waals surface area contributed by atoms with Crippen molar-refractivity contribution in [3.8, 4) is 5.69 Å². The van der Waals surface area contributed by atoms with Crippen molar-refractivity contribution < 1.29 is 9.53 Å². The average molecular weight is 324 g/mol. The summed E-state index contributed by atoms with van der Waals surface area (Å²) in [4.78, 5) is 13.0. The molecule has 0 unspecified atom stereocenters. The van der Waals surface area contributed by atoms with Gasteiger partial charge in [-0.15, -0.1) is 5.10 Å². The average Bonchev–Trinajstić information content (AvgIpc) is 2.75. The highest BCUT2D eigenvalue weighted by molar-refractivity contribution is 9.10. The van der Waals surface area contributed by atoms with Crippen molar-refractivity contribution >= 4 is 21.9 Å². The van der Waals surface area contributed by atoms with Gasteiger partial charge >= 0.3 is 5.97 Å². The number of carbonyl (C=O) groups excluding carboxylic acids is 1. The standard InChI is InChI=1S/C13H14BrN3O2/c1-7-6-11(8(2)5-10(7)14)17-15-9(3)12(16-17)13(18)19-4/h5-6H,1-4H3. The SMILES string of the molecule is COC(=O)c1nn(-c2cc(C)c(Br)cc2C)nc1C. The van der Waals surface area contributed by atoms with Crippen LogP contribution in [-0.2, 0) is 4.74 Å². The molecular formula is C13H14BrN3O2. The van der Waals surface area contributed by atoms with Crippen LogP contribution >= 0.6 is 15.9 Å². The summed E-state index contributed by atoms with van der Waals surface area (Å²) in [6, 6.07) is 3.97. The summed E-state index contributed by atoms with van der Waals surface area (Å²) in [7, 11) is 1.33. The van der Waals surface area contributed by atoms with E-state index in [1.54, 1.807) is 6.92 Å². The highest BCUT2D eigenvalue weighted by Gasteiger charge is 2.17. The molecule has 19 heavy (non-hydrogen) atoms. The number of esters is 1. The number of nitrogens with zero attached hydrogens (tertiary/aromatic N) is 3. The van der Waals surface area contributed by atoms with E-state index in [1.807, 2.05) is 26.0 Å². The molecule has 0 aliphatic carbocycles. The normalized spacial score (nSPS) is 10.6. The van der Waals surface area contributed by atoms with Gasteiger partial charge in [0.1, 0.15) is 0 Å². The van der Waals surface area contributed by atoms with E-state index in [2.05, 4.69) is 30.9 Å². The second-order valence-electron chi connectivity index (χ2n) is 4.30. The van der Waals surface area contributed by atoms with Gasteiger partial charge in [0.25, 0.3) is 0 Å². The summed E-state index contributed by atoms with van der Waals surface area (Å²) in [6.07, 6.45) is 0. The van der Waals surface area contributed by atoms with Crippen LogP contribution in [0.15, 0.2) is 16.6 Å². The second-order valence-corrected chi connectivity index (χ2v) is 5.16. The number of hydrogen-bond acceptors (Lipinski definition) is 4. The first kappa shape index (κ1) is 13.7. The van der Waals surface area contributed by atoms with Crippen LogP contribution in [0.3, 0.4) is 0 Å². The number of rotatable bonds is 2. The van der Waals surface area contributed by atoms with Gasteiger partial charge in [-0.25, -0.2) is 4.79 Å². The van der Waals surface area contributed by atoms with Crippen LogP contribution in [0.1, 0.15) is 27.3 Å². The molecule has 0 amide bonds. The zero-order valence-electron chi connectivity index (χ0n) is 11.2.